The summed E-state index contributed by atoms with van der Waals surface area (Å²) in [5, 5.41) is 6.26. The molecule has 2 amide bonds. The van der Waals surface area contributed by atoms with Gasteiger partial charge in [0.25, 0.3) is 11.8 Å². The lowest BCUT2D eigenvalue weighted by molar-refractivity contribution is 0.0937. The summed E-state index contributed by atoms with van der Waals surface area (Å²) in [6, 6.07) is 5.35. The molecule has 0 fully saturated rings. The van der Waals surface area contributed by atoms with Crippen LogP contribution in [0.15, 0.2) is 18.2 Å². The highest BCUT2D eigenvalue weighted by atomic mass is 16.5. The first-order chi connectivity index (χ1) is 31.6. The first-order valence-electron chi connectivity index (χ1n) is 29.0. The van der Waals surface area contributed by atoms with Crippen LogP contribution in [0.2, 0.25) is 0 Å². The molecular formula is C59H110N2O3. The van der Waals surface area contributed by atoms with Gasteiger partial charge in [-0.3, -0.25) is 9.59 Å². The quantitative estimate of drug-likeness (QED) is 0.0640. The lowest BCUT2D eigenvalue weighted by atomic mass is 10.0. The molecule has 0 aromatic heterocycles. The van der Waals surface area contributed by atoms with Crippen LogP contribution in [0.1, 0.15) is 330 Å². The molecule has 5 heteroatoms. The van der Waals surface area contributed by atoms with Gasteiger partial charge in [0.15, 0.2) is 0 Å². The molecule has 5 nitrogen and oxygen atoms in total. The van der Waals surface area contributed by atoms with Crippen molar-refractivity contribution in [1.29, 1.82) is 0 Å². The average molecular weight is 896 g/mol. The van der Waals surface area contributed by atoms with Crippen LogP contribution in [0.3, 0.4) is 0 Å². The highest BCUT2D eigenvalue weighted by molar-refractivity contribution is 6.00. The molecule has 0 saturated heterocycles. The van der Waals surface area contributed by atoms with E-state index < -0.39 is 0 Å². The number of hydrogen-bond donors (Lipinski definition) is 2. The van der Waals surface area contributed by atoms with Gasteiger partial charge in [0.2, 0.25) is 0 Å². The number of rotatable bonds is 51. The van der Waals surface area contributed by atoms with Gasteiger partial charge in [0.1, 0.15) is 5.75 Å². The van der Waals surface area contributed by atoms with E-state index in [1.54, 1.807) is 18.2 Å². The number of carbonyl (C=O) groups excluding carboxylic acids is 2. The van der Waals surface area contributed by atoms with Gasteiger partial charge >= 0.3 is 0 Å². The molecular weight excluding hydrogens is 785 g/mol. The van der Waals surface area contributed by atoms with Crippen LogP contribution in [-0.4, -0.2) is 31.5 Å². The molecule has 0 aliphatic heterocycles. The summed E-state index contributed by atoms with van der Waals surface area (Å²) in [4.78, 5) is 26.4. The Bertz CT molecular complexity index is 1140. The van der Waals surface area contributed by atoms with Crippen molar-refractivity contribution in [2.75, 3.05) is 19.7 Å². The second-order valence-electron chi connectivity index (χ2n) is 19.9. The zero-order valence-electron chi connectivity index (χ0n) is 43.4. The monoisotopic (exact) mass is 895 g/mol. The van der Waals surface area contributed by atoms with Gasteiger partial charge in [-0.15, -0.1) is 0 Å². The van der Waals surface area contributed by atoms with Crippen LogP contribution in [0.4, 0.5) is 0 Å². The Hall–Kier alpha value is -2.04. The van der Waals surface area contributed by atoms with Crippen LogP contribution in [0, 0.1) is 0 Å². The lowest BCUT2D eigenvalue weighted by Crippen LogP contribution is -2.26. The van der Waals surface area contributed by atoms with E-state index in [9.17, 15) is 9.59 Å². The van der Waals surface area contributed by atoms with Gasteiger partial charge in [0.05, 0.1) is 12.2 Å². The summed E-state index contributed by atoms with van der Waals surface area (Å²) in [5.41, 5.74) is 1.10. The van der Waals surface area contributed by atoms with Crippen molar-refractivity contribution < 1.29 is 14.3 Å². The fourth-order valence-corrected chi connectivity index (χ4v) is 9.22. The smallest absolute Gasteiger partial charge is 0.255 e. The second-order valence-corrected chi connectivity index (χ2v) is 19.9. The average Bonchev–Trinajstić information content (AvgIpc) is 3.30. The molecule has 1 aromatic carbocycles. The van der Waals surface area contributed by atoms with Gasteiger partial charge in [0, 0.05) is 18.7 Å². The van der Waals surface area contributed by atoms with Crippen LogP contribution >= 0.6 is 0 Å². The van der Waals surface area contributed by atoms with Gasteiger partial charge in [-0.2, -0.15) is 0 Å². The summed E-state index contributed by atoms with van der Waals surface area (Å²) in [7, 11) is 0. The van der Waals surface area contributed by atoms with Crippen molar-refractivity contribution >= 4 is 11.8 Å². The Labute approximate surface area is 399 Å². The molecule has 1 aromatic rings. The normalized spacial score (nSPS) is 11.4. The fourth-order valence-electron chi connectivity index (χ4n) is 9.22. The van der Waals surface area contributed by atoms with E-state index in [-0.39, 0.29) is 11.8 Å². The summed E-state index contributed by atoms with van der Waals surface area (Å²) in [5.74, 6) is 0.347. The van der Waals surface area contributed by atoms with Crippen molar-refractivity contribution in [3.8, 4) is 5.75 Å². The van der Waals surface area contributed by atoms with E-state index in [1.807, 2.05) is 0 Å². The molecule has 64 heavy (non-hydrogen) atoms. The number of hydrogen-bond acceptors (Lipinski definition) is 3. The molecule has 2 N–H and O–H groups in total. The summed E-state index contributed by atoms with van der Waals surface area (Å²) in [6.07, 6.45) is 60.4. The van der Waals surface area contributed by atoms with Crippen molar-refractivity contribution in [3.05, 3.63) is 29.3 Å². The summed E-state index contributed by atoms with van der Waals surface area (Å²) < 4.78 is 6.19. The van der Waals surface area contributed by atoms with E-state index >= 15 is 0 Å². The molecule has 0 saturated carbocycles. The SMILES string of the molecule is CCCCCCCCCCCCCCCCCCCCCCNC(=O)c1ccc(C(=O)NCCCCCCCCCCCCCCCCCCCCCC)c(OCCCCCCC)c1. The highest BCUT2D eigenvalue weighted by Crippen LogP contribution is 2.23. The number of amides is 2. The minimum absolute atomic E-state index is 0.0816. The van der Waals surface area contributed by atoms with E-state index in [0.717, 1.165) is 38.5 Å². The van der Waals surface area contributed by atoms with Crippen molar-refractivity contribution in [2.45, 2.75) is 310 Å². The Balaban J connectivity index is 2.17. The predicted molar refractivity (Wildman–Crippen MR) is 281 cm³/mol. The van der Waals surface area contributed by atoms with Crippen molar-refractivity contribution in [1.82, 2.24) is 10.6 Å². The van der Waals surface area contributed by atoms with Gasteiger partial charge in [-0.25, -0.2) is 0 Å². The number of ether oxygens (including phenoxy) is 1. The molecule has 1 rings (SSSR count). The molecule has 0 heterocycles. The number of nitrogens with one attached hydrogen (secondary N) is 2. The van der Waals surface area contributed by atoms with Crippen LogP contribution in [-0.2, 0) is 0 Å². The molecule has 374 valence electrons. The third-order valence-electron chi connectivity index (χ3n) is 13.6. The van der Waals surface area contributed by atoms with E-state index in [4.69, 9.17) is 4.74 Å². The van der Waals surface area contributed by atoms with Gasteiger partial charge in [-0.05, 0) is 37.5 Å². The van der Waals surface area contributed by atoms with E-state index in [0.29, 0.717) is 36.6 Å². The zero-order valence-corrected chi connectivity index (χ0v) is 43.4. The fraction of sp³-hybridized carbons (Fsp3) is 0.864. The molecule has 0 aliphatic carbocycles. The first kappa shape index (κ1) is 60.0. The van der Waals surface area contributed by atoms with E-state index in [2.05, 4.69) is 31.4 Å². The van der Waals surface area contributed by atoms with Crippen LogP contribution in [0.5, 0.6) is 5.75 Å². The third kappa shape index (κ3) is 39.2. The third-order valence-corrected chi connectivity index (χ3v) is 13.6. The van der Waals surface area contributed by atoms with Crippen LogP contribution < -0.4 is 15.4 Å². The Kier molecular flexibility index (Phi) is 45.8. The van der Waals surface area contributed by atoms with Gasteiger partial charge < -0.3 is 15.4 Å². The zero-order chi connectivity index (χ0) is 46.1. The maximum Gasteiger partial charge on any atom is 0.255 e. The van der Waals surface area contributed by atoms with Crippen molar-refractivity contribution in [3.63, 3.8) is 0 Å². The molecule has 0 radical (unpaired) electrons. The lowest BCUT2D eigenvalue weighted by Gasteiger charge is -2.14. The Morgan fingerprint density at radius 3 is 0.922 bits per heavy atom. The number of unbranched alkanes of at least 4 members (excludes halogenated alkanes) is 42. The predicted octanol–water partition coefficient (Wildman–Crippen LogP) is 19.1. The second kappa shape index (κ2) is 48.9. The molecule has 0 atom stereocenters. The van der Waals surface area contributed by atoms with E-state index in [1.165, 1.54) is 250 Å². The topological polar surface area (TPSA) is 67.4 Å². The van der Waals surface area contributed by atoms with Crippen LogP contribution in [0.25, 0.3) is 0 Å². The maximum atomic E-state index is 13.3. The summed E-state index contributed by atoms with van der Waals surface area (Å²) in [6.45, 7) is 8.74. The maximum absolute atomic E-state index is 13.3. The van der Waals surface area contributed by atoms with Crippen molar-refractivity contribution in [2.24, 2.45) is 0 Å². The number of benzene rings is 1. The molecule has 0 unspecified atom stereocenters. The molecule has 0 aliphatic rings. The summed E-state index contributed by atoms with van der Waals surface area (Å²) >= 11 is 0. The molecule has 0 bridgehead atoms. The minimum atomic E-state index is -0.102. The Morgan fingerprint density at radius 1 is 0.344 bits per heavy atom. The van der Waals surface area contributed by atoms with Gasteiger partial charge in [-0.1, -0.05) is 290 Å². The molecule has 0 spiro atoms. The standard InChI is InChI=1S/C59H110N2O3/c1-4-7-10-13-15-17-19-21-23-25-27-29-31-33-35-37-39-41-43-46-51-60-58(62)55-49-50-56(57(54-55)64-53-48-45-12-9-6-3)59(63)61-52-47-44-42-40-38-36-34-32-30-28-26-24-22-20-18-16-14-11-8-5-2/h49-50,54H,4-48,51-53H2,1-3H3,(H,60,62)(H,61,63). The Morgan fingerprint density at radius 2 is 0.609 bits per heavy atom. The largest absolute Gasteiger partial charge is 0.493 e. The minimum Gasteiger partial charge on any atom is -0.493 e. The first-order valence-corrected chi connectivity index (χ1v) is 29.0. The number of carbonyl (C=O) groups is 2. The highest BCUT2D eigenvalue weighted by Gasteiger charge is 2.16.